The molecule has 1 saturated heterocycles. The lowest BCUT2D eigenvalue weighted by Gasteiger charge is -2.28. The summed E-state index contributed by atoms with van der Waals surface area (Å²) in [5.74, 6) is -0.511. The molecule has 5 nitrogen and oxygen atoms in total. The molecule has 0 aromatic heterocycles. The minimum absolute atomic E-state index is 0.0673. The topological polar surface area (TPSA) is 61.8 Å². The molecule has 2 aromatic carbocycles. The molecule has 0 saturated carbocycles. The van der Waals surface area contributed by atoms with Gasteiger partial charge in [0.05, 0.1) is 26.4 Å². The van der Waals surface area contributed by atoms with Crippen LogP contribution in [0.1, 0.15) is 6.42 Å². The molecular formula is C18H14Cl3N3O2S. The molecule has 1 fully saturated rings. The van der Waals surface area contributed by atoms with Crippen LogP contribution in [0.3, 0.4) is 0 Å². The molecule has 0 bridgehead atoms. The van der Waals surface area contributed by atoms with E-state index in [1.165, 1.54) is 16.7 Å². The maximum Gasteiger partial charge on any atom is 0.238 e. The summed E-state index contributed by atoms with van der Waals surface area (Å²) >= 11 is 19.2. The monoisotopic (exact) mass is 441 g/mol. The average Bonchev–Trinajstić information content (AvgIpc) is 2.63. The van der Waals surface area contributed by atoms with E-state index in [-0.39, 0.29) is 18.2 Å². The van der Waals surface area contributed by atoms with E-state index >= 15 is 0 Å². The Labute approximate surface area is 175 Å². The van der Waals surface area contributed by atoms with Crippen LogP contribution >= 0.6 is 46.6 Å². The van der Waals surface area contributed by atoms with E-state index in [1.54, 1.807) is 49.5 Å². The predicted octanol–water partition coefficient (Wildman–Crippen LogP) is 5.24. The first-order chi connectivity index (χ1) is 12.8. The zero-order chi connectivity index (χ0) is 19.6. The first kappa shape index (κ1) is 20.0. The van der Waals surface area contributed by atoms with Crippen LogP contribution in [0, 0.1) is 0 Å². The number of halogens is 3. The van der Waals surface area contributed by atoms with E-state index < -0.39 is 5.25 Å². The minimum Gasteiger partial charge on any atom is -0.324 e. The Hall–Kier alpha value is -1.73. The largest absolute Gasteiger partial charge is 0.324 e. The van der Waals surface area contributed by atoms with Gasteiger partial charge in [-0.05, 0) is 30.3 Å². The highest BCUT2D eigenvalue weighted by Gasteiger charge is 2.34. The maximum absolute atomic E-state index is 12.6. The van der Waals surface area contributed by atoms with Crippen molar-refractivity contribution < 1.29 is 9.59 Å². The van der Waals surface area contributed by atoms with Crippen LogP contribution in [0.25, 0.3) is 0 Å². The van der Waals surface area contributed by atoms with Gasteiger partial charge in [0.15, 0.2) is 5.17 Å². The Bertz CT molecular complexity index is 936. The summed E-state index contributed by atoms with van der Waals surface area (Å²) in [5.41, 5.74) is 1.04. The Morgan fingerprint density at radius 2 is 1.89 bits per heavy atom. The molecule has 2 amide bonds. The summed E-state index contributed by atoms with van der Waals surface area (Å²) in [6.45, 7) is 0. The van der Waals surface area contributed by atoms with Crippen LogP contribution in [0.5, 0.6) is 0 Å². The zero-order valence-electron chi connectivity index (χ0n) is 14.1. The molecule has 1 aliphatic heterocycles. The summed E-state index contributed by atoms with van der Waals surface area (Å²) < 4.78 is 0. The molecule has 9 heteroatoms. The second-order valence-corrected chi connectivity index (χ2v) is 8.12. The number of nitrogens with one attached hydrogen (secondary N) is 1. The lowest BCUT2D eigenvalue weighted by molar-refractivity contribution is -0.128. The van der Waals surface area contributed by atoms with Crippen LogP contribution in [-0.4, -0.2) is 34.2 Å². The van der Waals surface area contributed by atoms with E-state index in [9.17, 15) is 9.59 Å². The molecule has 0 aliphatic carbocycles. The second-order valence-electron chi connectivity index (χ2n) is 5.73. The number of hydrogen-bond donors (Lipinski definition) is 1. The molecule has 3 rings (SSSR count). The first-order valence-electron chi connectivity index (χ1n) is 7.87. The third-order valence-corrected chi connectivity index (χ3v) is 6.13. The number of anilines is 1. The number of aliphatic imine (C=N–C) groups is 1. The molecule has 0 spiro atoms. The Kier molecular flexibility index (Phi) is 6.32. The van der Waals surface area contributed by atoms with Crippen molar-refractivity contribution in [3.63, 3.8) is 0 Å². The summed E-state index contributed by atoms with van der Waals surface area (Å²) in [5, 5.41) is 3.76. The summed E-state index contributed by atoms with van der Waals surface area (Å²) in [7, 11) is 1.62. The van der Waals surface area contributed by atoms with Gasteiger partial charge in [0.1, 0.15) is 5.25 Å². The minimum atomic E-state index is -0.619. The van der Waals surface area contributed by atoms with E-state index in [0.717, 1.165) is 0 Å². The van der Waals surface area contributed by atoms with Crippen molar-refractivity contribution in [2.24, 2.45) is 4.99 Å². The van der Waals surface area contributed by atoms with Crippen molar-refractivity contribution in [3.8, 4) is 0 Å². The Morgan fingerprint density at radius 3 is 2.59 bits per heavy atom. The van der Waals surface area contributed by atoms with Crippen molar-refractivity contribution in [2.75, 3.05) is 12.4 Å². The van der Waals surface area contributed by atoms with E-state index in [0.29, 0.717) is 31.6 Å². The van der Waals surface area contributed by atoms with Gasteiger partial charge < -0.3 is 5.32 Å². The molecule has 2 aromatic rings. The third kappa shape index (κ3) is 4.76. The first-order valence-corrected chi connectivity index (χ1v) is 9.89. The zero-order valence-corrected chi connectivity index (χ0v) is 17.2. The quantitative estimate of drug-likeness (QED) is 0.707. The lowest BCUT2D eigenvalue weighted by Crippen LogP contribution is -2.43. The standard InChI is InChI=1S/C18H14Cl3N3O2S/c1-24-16(25)9-15(17(26)23-14-5-3-2-4-12(14)20)27-18(24)22-10-6-7-11(19)13(21)8-10/h2-8,15H,9H2,1H3,(H,23,26). The van der Waals surface area contributed by atoms with Crippen molar-refractivity contribution in [1.82, 2.24) is 4.90 Å². The molecule has 1 unspecified atom stereocenters. The molecule has 0 radical (unpaired) electrons. The number of carbonyl (C=O) groups is 2. The summed E-state index contributed by atoms with van der Waals surface area (Å²) in [4.78, 5) is 30.8. The van der Waals surface area contributed by atoms with Gasteiger partial charge in [0.2, 0.25) is 11.8 Å². The highest BCUT2D eigenvalue weighted by Crippen LogP contribution is 2.32. The van der Waals surface area contributed by atoms with Crippen molar-refractivity contribution in [1.29, 1.82) is 0 Å². The van der Waals surface area contributed by atoms with Gasteiger partial charge in [0, 0.05) is 13.5 Å². The number of carbonyl (C=O) groups excluding carboxylic acids is 2. The highest BCUT2D eigenvalue weighted by molar-refractivity contribution is 8.15. The van der Waals surface area contributed by atoms with E-state index in [1.807, 2.05) is 0 Å². The molecule has 1 heterocycles. The average molecular weight is 443 g/mol. The third-order valence-electron chi connectivity index (χ3n) is 3.82. The number of amidine groups is 1. The van der Waals surface area contributed by atoms with Crippen LogP contribution < -0.4 is 5.32 Å². The SMILES string of the molecule is CN1C(=O)CC(C(=O)Nc2ccccc2Cl)SC1=Nc1ccc(Cl)c(Cl)c1. The van der Waals surface area contributed by atoms with Gasteiger partial charge in [-0.15, -0.1) is 0 Å². The van der Waals surface area contributed by atoms with Crippen molar-refractivity contribution in [3.05, 3.63) is 57.5 Å². The second kappa shape index (κ2) is 8.52. The van der Waals surface area contributed by atoms with Gasteiger partial charge in [0.25, 0.3) is 0 Å². The number of para-hydroxylation sites is 1. The Balaban J connectivity index is 1.81. The van der Waals surface area contributed by atoms with E-state index in [2.05, 4.69) is 10.3 Å². The molecule has 1 atom stereocenters. The molecule has 27 heavy (non-hydrogen) atoms. The van der Waals surface area contributed by atoms with Crippen LogP contribution in [0.15, 0.2) is 47.5 Å². The molecular weight excluding hydrogens is 429 g/mol. The lowest BCUT2D eigenvalue weighted by atomic mass is 10.2. The summed E-state index contributed by atoms with van der Waals surface area (Å²) in [6, 6.07) is 11.8. The normalized spacial score (nSPS) is 18.7. The van der Waals surface area contributed by atoms with Gasteiger partial charge in [-0.3, -0.25) is 14.5 Å². The Morgan fingerprint density at radius 1 is 1.15 bits per heavy atom. The van der Waals surface area contributed by atoms with E-state index in [4.69, 9.17) is 34.8 Å². The van der Waals surface area contributed by atoms with Gasteiger partial charge in [-0.2, -0.15) is 0 Å². The number of hydrogen-bond acceptors (Lipinski definition) is 4. The van der Waals surface area contributed by atoms with Crippen LogP contribution in [0.4, 0.5) is 11.4 Å². The summed E-state index contributed by atoms with van der Waals surface area (Å²) in [6.07, 6.45) is 0.0673. The molecule has 1 N–H and O–H groups in total. The van der Waals surface area contributed by atoms with Gasteiger partial charge in [-0.1, -0.05) is 58.7 Å². The number of amides is 2. The fourth-order valence-corrected chi connectivity index (χ4v) is 3.88. The smallest absolute Gasteiger partial charge is 0.238 e. The fourth-order valence-electron chi connectivity index (χ4n) is 2.34. The van der Waals surface area contributed by atoms with Crippen molar-refractivity contribution in [2.45, 2.75) is 11.7 Å². The number of thioether (sulfide) groups is 1. The fraction of sp³-hybridized carbons (Fsp3) is 0.167. The predicted molar refractivity (Wildman–Crippen MR) is 112 cm³/mol. The highest BCUT2D eigenvalue weighted by atomic mass is 35.5. The van der Waals surface area contributed by atoms with Gasteiger partial charge >= 0.3 is 0 Å². The molecule has 140 valence electrons. The van der Waals surface area contributed by atoms with Crippen LogP contribution in [0.2, 0.25) is 15.1 Å². The number of benzene rings is 2. The van der Waals surface area contributed by atoms with Crippen LogP contribution in [-0.2, 0) is 9.59 Å². The maximum atomic E-state index is 12.6. The van der Waals surface area contributed by atoms with Crippen molar-refractivity contribution >= 4 is 74.9 Å². The molecule has 1 aliphatic rings. The number of nitrogens with zero attached hydrogens (tertiary/aromatic N) is 2. The van der Waals surface area contributed by atoms with Gasteiger partial charge in [-0.25, -0.2) is 4.99 Å². The number of rotatable bonds is 3.